The van der Waals surface area contributed by atoms with E-state index in [1.54, 1.807) is 36.7 Å². The maximum absolute atomic E-state index is 12.1. The van der Waals surface area contributed by atoms with E-state index in [1.807, 2.05) is 18.2 Å². The van der Waals surface area contributed by atoms with Crippen LogP contribution in [0.5, 0.6) is 11.5 Å². The minimum Gasteiger partial charge on any atom is -0.491 e. The molecule has 1 amide bonds. The van der Waals surface area contributed by atoms with Crippen LogP contribution in [0.25, 0.3) is 0 Å². The third-order valence-electron chi connectivity index (χ3n) is 4.68. The second kappa shape index (κ2) is 8.83. The predicted octanol–water partition coefficient (Wildman–Crippen LogP) is 1.16. The average Bonchev–Trinajstić information content (AvgIpc) is 2.99. The zero-order chi connectivity index (χ0) is 19.1. The summed E-state index contributed by atoms with van der Waals surface area (Å²) in [7, 11) is 0. The molecular weight excluding hydrogens is 348 g/mol. The van der Waals surface area contributed by atoms with Gasteiger partial charge in [0.2, 0.25) is 0 Å². The Bertz CT molecular complexity index is 716. The molecule has 2 atom stereocenters. The number of pyridine rings is 1. The fourth-order valence-corrected chi connectivity index (χ4v) is 3.23. The summed E-state index contributed by atoms with van der Waals surface area (Å²) in [5, 5.41) is 22.8. The Balaban J connectivity index is 1.54. The van der Waals surface area contributed by atoms with Crippen molar-refractivity contribution in [2.45, 2.75) is 25.0 Å². The van der Waals surface area contributed by atoms with Gasteiger partial charge in [-0.15, -0.1) is 0 Å². The maximum atomic E-state index is 12.1. The van der Waals surface area contributed by atoms with E-state index in [4.69, 9.17) is 9.47 Å². The van der Waals surface area contributed by atoms with E-state index >= 15 is 0 Å². The molecule has 3 N–H and O–H groups in total. The van der Waals surface area contributed by atoms with Gasteiger partial charge in [-0.3, -0.25) is 9.78 Å². The molecule has 2 aromatic rings. The summed E-state index contributed by atoms with van der Waals surface area (Å²) in [6.07, 6.45) is 2.27. The summed E-state index contributed by atoms with van der Waals surface area (Å²) in [5.74, 6) is 0.955. The van der Waals surface area contributed by atoms with Crippen LogP contribution in [0.4, 0.5) is 0 Å². The van der Waals surface area contributed by atoms with Crippen LogP contribution < -0.4 is 14.8 Å². The second-order valence-corrected chi connectivity index (χ2v) is 6.90. The number of aromatic nitrogens is 1. The Morgan fingerprint density at radius 2 is 1.78 bits per heavy atom. The van der Waals surface area contributed by atoms with Gasteiger partial charge in [0.25, 0.3) is 5.91 Å². The summed E-state index contributed by atoms with van der Waals surface area (Å²) >= 11 is 0. The maximum Gasteiger partial charge on any atom is 0.257 e. The van der Waals surface area contributed by atoms with E-state index in [0.29, 0.717) is 24.3 Å². The van der Waals surface area contributed by atoms with Crippen molar-refractivity contribution in [1.82, 2.24) is 10.3 Å². The topological polar surface area (TPSA) is 101 Å². The largest absolute Gasteiger partial charge is 0.491 e. The van der Waals surface area contributed by atoms with Gasteiger partial charge in [-0.05, 0) is 37.1 Å². The first-order valence-electron chi connectivity index (χ1n) is 8.90. The monoisotopic (exact) mass is 372 g/mol. The standard InChI is InChI=1S/C20H24N2O5/c23-17-9-20(10-18(17)24,14-27-16-7-4-8-21-11-16)13-22-19(25)12-26-15-5-2-1-3-6-15/h1-8,11,17-18,23-24H,9-10,12-14H2,(H,22,25). The van der Waals surface area contributed by atoms with Crippen molar-refractivity contribution in [3.63, 3.8) is 0 Å². The van der Waals surface area contributed by atoms with Crippen molar-refractivity contribution >= 4 is 5.91 Å². The van der Waals surface area contributed by atoms with Gasteiger partial charge in [0.05, 0.1) is 25.0 Å². The van der Waals surface area contributed by atoms with Gasteiger partial charge >= 0.3 is 0 Å². The SMILES string of the molecule is O=C(COc1ccccc1)NCC1(COc2cccnc2)CC(O)C(O)C1. The minimum absolute atomic E-state index is 0.103. The van der Waals surface area contributed by atoms with Crippen LogP contribution in [-0.4, -0.2) is 53.1 Å². The number of nitrogens with one attached hydrogen (secondary N) is 1. The van der Waals surface area contributed by atoms with Gasteiger partial charge in [-0.2, -0.15) is 0 Å². The first kappa shape index (κ1) is 19.1. The van der Waals surface area contributed by atoms with Crippen molar-refractivity contribution in [3.8, 4) is 11.5 Å². The van der Waals surface area contributed by atoms with Crippen molar-refractivity contribution in [2.75, 3.05) is 19.8 Å². The van der Waals surface area contributed by atoms with Crippen LogP contribution in [0.15, 0.2) is 54.9 Å². The fraction of sp³-hybridized carbons (Fsp3) is 0.400. The molecule has 144 valence electrons. The molecule has 1 saturated carbocycles. The number of carbonyl (C=O) groups excluding carboxylic acids is 1. The highest BCUT2D eigenvalue weighted by Gasteiger charge is 2.45. The van der Waals surface area contributed by atoms with E-state index in [-0.39, 0.29) is 25.7 Å². The van der Waals surface area contributed by atoms with E-state index < -0.39 is 17.6 Å². The molecule has 0 radical (unpaired) electrons. The lowest BCUT2D eigenvalue weighted by atomic mass is 9.86. The van der Waals surface area contributed by atoms with Gasteiger partial charge in [0.1, 0.15) is 11.5 Å². The zero-order valence-corrected chi connectivity index (χ0v) is 15.0. The van der Waals surface area contributed by atoms with E-state index in [1.165, 1.54) is 0 Å². The molecule has 1 aromatic carbocycles. The number of ether oxygens (including phenoxy) is 2. The minimum atomic E-state index is -0.833. The smallest absolute Gasteiger partial charge is 0.257 e. The van der Waals surface area contributed by atoms with Crippen LogP contribution >= 0.6 is 0 Å². The molecular formula is C20H24N2O5. The molecule has 7 heteroatoms. The molecule has 27 heavy (non-hydrogen) atoms. The number of aliphatic hydroxyl groups excluding tert-OH is 2. The van der Waals surface area contributed by atoms with Crippen LogP contribution in [-0.2, 0) is 4.79 Å². The number of aliphatic hydroxyl groups is 2. The number of amides is 1. The van der Waals surface area contributed by atoms with Gasteiger partial charge in [0.15, 0.2) is 6.61 Å². The molecule has 1 heterocycles. The summed E-state index contributed by atoms with van der Waals surface area (Å²) in [5.41, 5.74) is -0.558. The zero-order valence-electron chi connectivity index (χ0n) is 15.0. The highest BCUT2D eigenvalue weighted by molar-refractivity contribution is 5.77. The Labute approximate surface area is 158 Å². The van der Waals surface area contributed by atoms with E-state index in [0.717, 1.165) is 0 Å². The molecule has 7 nitrogen and oxygen atoms in total. The number of carbonyl (C=O) groups is 1. The Hall–Kier alpha value is -2.64. The van der Waals surface area contributed by atoms with Crippen LogP contribution in [0, 0.1) is 5.41 Å². The van der Waals surface area contributed by atoms with Crippen LogP contribution in [0.2, 0.25) is 0 Å². The molecule has 3 rings (SSSR count). The fourth-order valence-electron chi connectivity index (χ4n) is 3.23. The van der Waals surface area contributed by atoms with Crippen molar-refractivity contribution < 1.29 is 24.5 Å². The Morgan fingerprint density at radius 3 is 2.44 bits per heavy atom. The van der Waals surface area contributed by atoms with E-state index in [2.05, 4.69) is 10.3 Å². The molecule has 0 bridgehead atoms. The molecule has 0 spiro atoms. The summed E-state index contributed by atoms with van der Waals surface area (Å²) in [4.78, 5) is 16.1. The van der Waals surface area contributed by atoms with Crippen molar-refractivity contribution in [3.05, 3.63) is 54.9 Å². The number of hydrogen-bond acceptors (Lipinski definition) is 6. The first-order valence-corrected chi connectivity index (χ1v) is 8.90. The lowest BCUT2D eigenvalue weighted by Crippen LogP contribution is -2.42. The molecule has 1 fully saturated rings. The lowest BCUT2D eigenvalue weighted by Gasteiger charge is -2.29. The van der Waals surface area contributed by atoms with E-state index in [9.17, 15) is 15.0 Å². The summed E-state index contributed by atoms with van der Waals surface area (Å²) < 4.78 is 11.2. The van der Waals surface area contributed by atoms with Crippen molar-refractivity contribution in [2.24, 2.45) is 5.41 Å². The van der Waals surface area contributed by atoms with Gasteiger partial charge in [-0.25, -0.2) is 0 Å². The summed E-state index contributed by atoms with van der Waals surface area (Å²) in [6, 6.07) is 12.6. The van der Waals surface area contributed by atoms with Crippen LogP contribution in [0.1, 0.15) is 12.8 Å². The van der Waals surface area contributed by atoms with Crippen LogP contribution in [0.3, 0.4) is 0 Å². The molecule has 0 aliphatic heterocycles. The Morgan fingerprint density at radius 1 is 1.07 bits per heavy atom. The molecule has 1 aliphatic rings. The predicted molar refractivity (Wildman–Crippen MR) is 98.4 cm³/mol. The molecule has 2 unspecified atom stereocenters. The third kappa shape index (κ3) is 5.42. The number of nitrogens with zero attached hydrogens (tertiary/aromatic N) is 1. The molecule has 1 aliphatic carbocycles. The van der Waals surface area contributed by atoms with Gasteiger partial charge in [0, 0.05) is 18.2 Å². The average molecular weight is 372 g/mol. The van der Waals surface area contributed by atoms with Gasteiger partial charge < -0.3 is 25.0 Å². The molecule has 0 saturated heterocycles. The highest BCUT2D eigenvalue weighted by Crippen LogP contribution is 2.38. The number of rotatable bonds is 8. The number of benzene rings is 1. The molecule has 1 aromatic heterocycles. The number of para-hydroxylation sites is 1. The lowest BCUT2D eigenvalue weighted by molar-refractivity contribution is -0.123. The first-order chi connectivity index (χ1) is 13.1. The second-order valence-electron chi connectivity index (χ2n) is 6.90. The van der Waals surface area contributed by atoms with Gasteiger partial charge in [-0.1, -0.05) is 18.2 Å². The number of hydrogen-bond donors (Lipinski definition) is 3. The third-order valence-corrected chi connectivity index (χ3v) is 4.68. The highest BCUT2D eigenvalue weighted by atomic mass is 16.5. The quantitative estimate of drug-likeness (QED) is 0.643. The Kier molecular flexibility index (Phi) is 6.26. The van der Waals surface area contributed by atoms with Crippen molar-refractivity contribution in [1.29, 1.82) is 0 Å². The summed E-state index contributed by atoms with van der Waals surface area (Å²) in [6.45, 7) is 0.430. The normalized spacial score (nSPS) is 24.4.